The van der Waals surface area contributed by atoms with Crippen molar-refractivity contribution >= 4 is 27.5 Å². The van der Waals surface area contributed by atoms with Crippen molar-refractivity contribution in [3.05, 3.63) is 69.7 Å². The van der Waals surface area contributed by atoms with Crippen LogP contribution in [-0.4, -0.2) is 0 Å². The van der Waals surface area contributed by atoms with Gasteiger partial charge < -0.3 is 0 Å². The number of halogens is 4. The first-order chi connectivity index (χ1) is 8.56. The Kier molecular flexibility index (Phi) is 4.36. The van der Waals surface area contributed by atoms with Crippen LogP contribution in [0, 0.1) is 11.6 Å². The lowest BCUT2D eigenvalue weighted by atomic mass is 10.0. The number of alkyl halides is 1. The molecule has 94 valence electrons. The van der Waals surface area contributed by atoms with Gasteiger partial charge in [-0.05, 0) is 57.7 Å². The van der Waals surface area contributed by atoms with Crippen LogP contribution in [0.25, 0.3) is 0 Å². The lowest BCUT2D eigenvalue weighted by Gasteiger charge is -2.10. The molecule has 2 aromatic carbocycles. The largest absolute Gasteiger partial charge is 0.207 e. The maximum Gasteiger partial charge on any atom is 0.137 e. The van der Waals surface area contributed by atoms with Gasteiger partial charge in [-0.25, -0.2) is 8.78 Å². The molecule has 0 spiro atoms. The van der Waals surface area contributed by atoms with Crippen LogP contribution in [0.4, 0.5) is 8.78 Å². The summed E-state index contributed by atoms with van der Waals surface area (Å²) in [6.07, 6.45) is 0.459. The molecule has 18 heavy (non-hydrogen) atoms. The van der Waals surface area contributed by atoms with Crippen LogP contribution in [-0.2, 0) is 6.42 Å². The van der Waals surface area contributed by atoms with Crippen molar-refractivity contribution in [1.29, 1.82) is 0 Å². The van der Waals surface area contributed by atoms with E-state index in [1.165, 1.54) is 18.2 Å². The quantitative estimate of drug-likeness (QED) is 0.674. The van der Waals surface area contributed by atoms with Crippen molar-refractivity contribution in [2.75, 3.05) is 0 Å². The Balaban J connectivity index is 2.16. The molecule has 0 N–H and O–H groups in total. The van der Waals surface area contributed by atoms with E-state index in [0.717, 1.165) is 5.56 Å². The predicted octanol–water partition coefficient (Wildman–Crippen LogP) is 5.25. The normalized spacial score (nSPS) is 12.4. The van der Waals surface area contributed by atoms with Gasteiger partial charge in [0.1, 0.15) is 11.6 Å². The molecule has 0 heterocycles. The zero-order chi connectivity index (χ0) is 13.1. The summed E-state index contributed by atoms with van der Waals surface area (Å²) in [5, 5.41) is -0.380. The highest BCUT2D eigenvalue weighted by molar-refractivity contribution is 9.10. The first kappa shape index (κ1) is 13.5. The van der Waals surface area contributed by atoms with E-state index in [1.54, 1.807) is 24.3 Å². The van der Waals surface area contributed by atoms with Crippen LogP contribution in [0.2, 0.25) is 0 Å². The molecule has 0 saturated heterocycles. The van der Waals surface area contributed by atoms with E-state index in [1.807, 2.05) is 0 Å². The van der Waals surface area contributed by atoms with Gasteiger partial charge in [-0.2, -0.15) is 0 Å². The molecule has 0 saturated carbocycles. The standard InChI is InChI=1S/C14H10BrClF2/c15-12-5-4-10(8-14(12)18)13(16)7-9-2-1-3-11(17)6-9/h1-6,8,13H,7H2. The summed E-state index contributed by atoms with van der Waals surface area (Å²) in [5.41, 5.74) is 1.47. The fraction of sp³-hybridized carbons (Fsp3) is 0.143. The van der Waals surface area contributed by atoms with Gasteiger partial charge >= 0.3 is 0 Å². The van der Waals surface area contributed by atoms with E-state index in [2.05, 4.69) is 15.9 Å². The molecule has 0 aliphatic carbocycles. The SMILES string of the molecule is Fc1cccc(CC(Cl)c2ccc(Br)c(F)c2)c1. The van der Waals surface area contributed by atoms with Crippen LogP contribution in [0.5, 0.6) is 0 Å². The molecule has 1 atom stereocenters. The Morgan fingerprint density at radius 2 is 1.89 bits per heavy atom. The Morgan fingerprint density at radius 3 is 2.56 bits per heavy atom. The van der Waals surface area contributed by atoms with Crippen molar-refractivity contribution < 1.29 is 8.78 Å². The highest BCUT2D eigenvalue weighted by Crippen LogP contribution is 2.28. The summed E-state index contributed by atoms with van der Waals surface area (Å²) in [5.74, 6) is -0.643. The maximum absolute atomic E-state index is 13.4. The second kappa shape index (κ2) is 5.81. The summed E-state index contributed by atoms with van der Waals surface area (Å²) >= 11 is 9.30. The van der Waals surface area contributed by atoms with E-state index < -0.39 is 0 Å². The fourth-order valence-electron chi connectivity index (χ4n) is 1.70. The summed E-state index contributed by atoms with van der Waals surface area (Å²) in [7, 11) is 0. The fourth-order valence-corrected chi connectivity index (χ4v) is 2.26. The predicted molar refractivity (Wildman–Crippen MR) is 72.8 cm³/mol. The van der Waals surface area contributed by atoms with Gasteiger partial charge in [0, 0.05) is 0 Å². The van der Waals surface area contributed by atoms with Gasteiger partial charge in [-0.15, -0.1) is 11.6 Å². The van der Waals surface area contributed by atoms with Crippen LogP contribution in [0.15, 0.2) is 46.9 Å². The van der Waals surface area contributed by atoms with Gasteiger partial charge in [0.15, 0.2) is 0 Å². The van der Waals surface area contributed by atoms with Crippen LogP contribution in [0.3, 0.4) is 0 Å². The Bertz CT molecular complexity index is 557. The smallest absolute Gasteiger partial charge is 0.137 e. The van der Waals surface area contributed by atoms with Gasteiger partial charge in [0.2, 0.25) is 0 Å². The molecule has 0 aliphatic heterocycles. The van der Waals surface area contributed by atoms with Gasteiger partial charge in [0.05, 0.1) is 9.85 Å². The lowest BCUT2D eigenvalue weighted by molar-refractivity contribution is 0.617. The zero-order valence-corrected chi connectivity index (χ0v) is 11.7. The van der Waals surface area contributed by atoms with Crippen molar-refractivity contribution in [3.8, 4) is 0 Å². The average molecular weight is 332 g/mol. The number of hydrogen-bond acceptors (Lipinski definition) is 0. The average Bonchev–Trinajstić information content (AvgIpc) is 2.32. The van der Waals surface area contributed by atoms with Crippen molar-refractivity contribution in [2.45, 2.75) is 11.8 Å². The molecule has 2 aromatic rings. The summed E-state index contributed by atoms with van der Waals surface area (Å²) < 4.78 is 26.8. The van der Waals surface area contributed by atoms with E-state index in [4.69, 9.17) is 11.6 Å². The number of rotatable bonds is 3. The molecule has 0 amide bonds. The van der Waals surface area contributed by atoms with Gasteiger partial charge in [0.25, 0.3) is 0 Å². The van der Waals surface area contributed by atoms with Gasteiger partial charge in [-0.3, -0.25) is 0 Å². The molecule has 4 heteroatoms. The summed E-state index contributed by atoms with van der Waals surface area (Å²) in [4.78, 5) is 0. The molecule has 0 aromatic heterocycles. The summed E-state index contributed by atoms with van der Waals surface area (Å²) in [6.45, 7) is 0. The van der Waals surface area contributed by atoms with Gasteiger partial charge in [-0.1, -0.05) is 18.2 Å². The number of hydrogen-bond donors (Lipinski definition) is 0. The van der Waals surface area contributed by atoms with Crippen LogP contribution < -0.4 is 0 Å². The zero-order valence-electron chi connectivity index (χ0n) is 9.34. The molecule has 0 bridgehead atoms. The second-order valence-electron chi connectivity index (χ2n) is 3.98. The molecule has 0 aliphatic rings. The lowest BCUT2D eigenvalue weighted by Crippen LogP contribution is -1.97. The van der Waals surface area contributed by atoms with Crippen molar-refractivity contribution in [3.63, 3.8) is 0 Å². The molecule has 0 nitrogen and oxygen atoms in total. The monoisotopic (exact) mass is 330 g/mol. The molecular weight excluding hydrogens is 322 g/mol. The summed E-state index contributed by atoms with van der Waals surface area (Å²) in [6, 6.07) is 11.0. The Hall–Kier alpha value is -0.930. The molecule has 0 radical (unpaired) electrons. The molecule has 1 unspecified atom stereocenters. The van der Waals surface area contributed by atoms with E-state index in [0.29, 0.717) is 16.5 Å². The molecular formula is C14H10BrClF2. The van der Waals surface area contributed by atoms with E-state index in [-0.39, 0.29) is 17.0 Å². The third kappa shape index (κ3) is 3.30. The maximum atomic E-state index is 13.4. The van der Waals surface area contributed by atoms with Crippen molar-refractivity contribution in [1.82, 2.24) is 0 Å². The number of benzene rings is 2. The first-order valence-corrected chi connectivity index (χ1v) is 6.62. The van der Waals surface area contributed by atoms with Crippen molar-refractivity contribution in [2.24, 2.45) is 0 Å². The minimum atomic E-state index is -0.380. The third-order valence-electron chi connectivity index (χ3n) is 2.61. The highest BCUT2D eigenvalue weighted by atomic mass is 79.9. The molecule has 0 fully saturated rings. The van der Waals surface area contributed by atoms with Crippen LogP contribution in [0.1, 0.15) is 16.5 Å². The third-order valence-corrected chi connectivity index (χ3v) is 3.66. The second-order valence-corrected chi connectivity index (χ2v) is 5.36. The van der Waals surface area contributed by atoms with E-state index >= 15 is 0 Å². The Labute approximate surface area is 118 Å². The Morgan fingerprint density at radius 1 is 1.11 bits per heavy atom. The first-order valence-electron chi connectivity index (χ1n) is 5.40. The molecule has 2 rings (SSSR count). The van der Waals surface area contributed by atoms with Crippen LogP contribution >= 0.6 is 27.5 Å². The highest BCUT2D eigenvalue weighted by Gasteiger charge is 2.11. The minimum absolute atomic E-state index is 0.293. The minimum Gasteiger partial charge on any atom is -0.207 e. The van der Waals surface area contributed by atoms with E-state index in [9.17, 15) is 8.78 Å². The topological polar surface area (TPSA) is 0 Å².